The summed E-state index contributed by atoms with van der Waals surface area (Å²) in [5.74, 6) is 2.57. The second-order valence-electron chi connectivity index (χ2n) is 8.05. The molecular weight excluding hydrogens is 388 g/mol. The molecule has 0 radical (unpaired) electrons. The van der Waals surface area contributed by atoms with Crippen LogP contribution in [0.5, 0.6) is 5.75 Å². The maximum absolute atomic E-state index is 6.61. The summed E-state index contributed by atoms with van der Waals surface area (Å²) in [6.45, 7) is 5.33. The summed E-state index contributed by atoms with van der Waals surface area (Å²) in [4.78, 5) is 16.0. The third-order valence-electron chi connectivity index (χ3n) is 6.29. The Bertz CT molecular complexity index is 1050. The van der Waals surface area contributed by atoms with E-state index in [4.69, 9.17) is 10.5 Å². The minimum absolute atomic E-state index is 0.680. The molecule has 5 rings (SSSR count). The predicted octanol–water partition coefficient (Wildman–Crippen LogP) is 2.96. The Labute approximate surface area is 183 Å². The van der Waals surface area contributed by atoms with Crippen molar-refractivity contribution in [2.75, 3.05) is 60.3 Å². The normalized spacial score (nSPS) is 16.2. The molecule has 2 aliphatic rings. The Morgan fingerprint density at radius 2 is 1.42 bits per heavy atom. The predicted molar refractivity (Wildman–Crippen MR) is 125 cm³/mol. The van der Waals surface area contributed by atoms with Crippen molar-refractivity contribution in [3.05, 3.63) is 66.0 Å². The van der Waals surface area contributed by atoms with Gasteiger partial charge in [0.25, 0.3) is 0 Å². The van der Waals surface area contributed by atoms with Crippen LogP contribution in [0.2, 0.25) is 0 Å². The molecule has 3 heterocycles. The monoisotopic (exact) mass is 416 g/mol. The molecule has 0 saturated carbocycles. The van der Waals surface area contributed by atoms with Gasteiger partial charge in [-0.2, -0.15) is 0 Å². The number of anilines is 4. The zero-order chi connectivity index (χ0) is 21.2. The van der Waals surface area contributed by atoms with Crippen LogP contribution < -0.4 is 25.2 Å². The fourth-order valence-electron chi connectivity index (χ4n) is 4.53. The molecule has 0 bridgehead atoms. The maximum atomic E-state index is 6.61. The lowest BCUT2D eigenvalue weighted by atomic mass is 10.00. The number of benzene rings is 2. The van der Waals surface area contributed by atoms with Crippen molar-refractivity contribution in [3.63, 3.8) is 0 Å². The van der Waals surface area contributed by atoms with Crippen LogP contribution in [-0.2, 0) is 13.0 Å². The van der Waals surface area contributed by atoms with Gasteiger partial charge < -0.3 is 25.2 Å². The molecule has 0 spiro atoms. The Morgan fingerprint density at radius 3 is 2.13 bits per heavy atom. The molecule has 7 heteroatoms. The van der Waals surface area contributed by atoms with Crippen molar-refractivity contribution in [2.24, 2.45) is 0 Å². The van der Waals surface area contributed by atoms with Crippen molar-refractivity contribution in [1.29, 1.82) is 0 Å². The van der Waals surface area contributed by atoms with Crippen LogP contribution in [0.3, 0.4) is 0 Å². The van der Waals surface area contributed by atoms with Gasteiger partial charge in [0, 0.05) is 45.0 Å². The van der Waals surface area contributed by atoms with E-state index in [1.165, 1.54) is 16.8 Å². The Morgan fingerprint density at radius 1 is 0.774 bits per heavy atom. The molecule has 0 aliphatic carbocycles. The third-order valence-corrected chi connectivity index (χ3v) is 6.29. The Kier molecular flexibility index (Phi) is 5.24. The number of nitrogens with two attached hydrogens (primary N) is 1. The number of nitrogen functional groups attached to an aromatic ring is 1. The summed E-state index contributed by atoms with van der Waals surface area (Å²) in [5, 5.41) is 0. The molecule has 2 aliphatic heterocycles. The lowest BCUT2D eigenvalue weighted by Crippen LogP contribution is -2.47. The van der Waals surface area contributed by atoms with Crippen molar-refractivity contribution < 1.29 is 4.74 Å². The quantitative estimate of drug-likeness (QED) is 0.701. The van der Waals surface area contributed by atoms with Gasteiger partial charge in [0.2, 0.25) is 0 Å². The second-order valence-corrected chi connectivity index (χ2v) is 8.05. The van der Waals surface area contributed by atoms with Gasteiger partial charge >= 0.3 is 0 Å². The molecule has 0 unspecified atom stereocenters. The molecule has 1 saturated heterocycles. The molecule has 2 aromatic carbocycles. The van der Waals surface area contributed by atoms with E-state index in [1.54, 1.807) is 13.4 Å². The van der Waals surface area contributed by atoms with Crippen LogP contribution in [0.25, 0.3) is 0 Å². The first-order valence-electron chi connectivity index (χ1n) is 10.8. The molecule has 1 aromatic heterocycles. The van der Waals surface area contributed by atoms with Gasteiger partial charge in [0.1, 0.15) is 17.8 Å². The van der Waals surface area contributed by atoms with Crippen LogP contribution in [0, 0.1) is 0 Å². The van der Waals surface area contributed by atoms with E-state index in [0.717, 1.165) is 63.1 Å². The van der Waals surface area contributed by atoms with E-state index < -0.39 is 0 Å². The molecular formula is C24H28N6O. The van der Waals surface area contributed by atoms with E-state index in [-0.39, 0.29) is 0 Å². The van der Waals surface area contributed by atoms with Crippen molar-refractivity contribution in [1.82, 2.24) is 9.97 Å². The van der Waals surface area contributed by atoms with Crippen molar-refractivity contribution >= 4 is 23.0 Å². The number of fused-ring (bicyclic) bond motifs is 1. The van der Waals surface area contributed by atoms with Gasteiger partial charge in [-0.1, -0.05) is 24.3 Å². The van der Waals surface area contributed by atoms with Crippen molar-refractivity contribution in [2.45, 2.75) is 13.0 Å². The smallest absolute Gasteiger partial charge is 0.157 e. The Hall–Kier alpha value is -3.48. The Balaban J connectivity index is 1.30. The van der Waals surface area contributed by atoms with Crippen LogP contribution in [-0.4, -0.2) is 49.8 Å². The number of hydrogen-bond acceptors (Lipinski definition) is 7. The summed E-state index contributed by atoms with van der Waals surface area (Å²) in [7, 11) is 1.69. The van der Waals surface area contributed by atoms with Gasteiger partial charge in [-0.25, -0.2) is 9.97 Å². The van der Waals surface area contributed by atoms with Gasteiger partial charge in [0.15, 0.2) is 11.6 Å². The highest BCUT2D eigenvalue weighted by molar-refractivity contribution is 5.76. The molecule has 3 aromatic rings. The number of ether oxygens (including phenoxy) is 1. The highest BCUT2D eigenvalue weighted by atomic mass is 16.5. The van der Waals surface area contributed by atoms with Gasteiger partial charge in [-0.05, 0) is 41.8 Å². The van der Waals surface area contributed by atoms with E-state index in [0.29, 0.717) is 5.69 Å². The average Bonchev–Trinajstić information content (AvgIpc) is 2.84. The number of piperazine rings is 1. The highest BCUT2D eigenvalue weighted by Gasteiger charge is 2.25. The zero-order valence-corrected chi connectivity index (χ0v) is 17.9. The summed E-state index contributed by atoms with van der Waals surface area (Å²) in [5.41, 5.74) is 11.3. The highest BCUT2D eigenvalue weighted by Crippen LogP contribution is 2.33. The number of rotatable bonds is 4. The number of hydrogen-bond donors (Lipinski definition) is 1. The van der Waals surface area contributed by atoms with Crippen LogP contribution in [0.15, 0.2) is 54.9 Å². The summed E-state index contributed by atoms with van der Waals surface area (Å²) >= 11 is 0. The third kappa shape index (κ3) is 3.83. The first-order chi connectivity index (χ1) is 15.2. The van der Waals surface area contributed by atoms with E-state index >= 15 is 0 Å². The van der Waals surface area contributed by atoms with Crippen LogP contribution in [0.4, 0.5) is 23.0 Å². The first kappa shape index (κ1) is 19.5. The largest absolute Gasteiger partial charge is 0.497 e. The molecule has 1 fully saturated rings. The van der Waals surface area contributed by atoms with Gasteiger partial charge in [-0.15, -0.1) is 0 Å². The number of aromatic nitrogens is 2. The lowest BCUT2D eigenvalue weighted by Gasteiger charge is -2.38. The van der Waals surface area contributed by atoms with E-state index in [9.17, 15) is 0 Å². The van der Waals surface area contributed by atoms with E-state index in [1.807, 2.05) is 12.1 Å². The summed E-state index contributed by atoms with van der Waals surface area (Å²) in [6.07, 6.45) is 2.66. The van der Waals surface area contributed by atoms with Crippen LogP contribution >= 0.6 is 0 Å². The summed E-state index contributed by atoms with van der Waals surface area (Å²) in [6, 6.07) is 16.8. The van der Waals surface area contributed by atoms with Crippen LogP contribution in [0.1, 0.15) is 11.1 Å². The van der Waals surface area contributed by atoms with E-state index in [2.05, 4.69) is 61.1 Å². The second kappa shape index (κ2) is 8.34. The minimum Gasteiger partial charge on any atom is -0.497 e. The van der Waals surface area contributed by atoms with Crippen molar-refractivity contribution in [3.8, 4) is 5.75 Å². The minimum atomic E-state index is 0.680. The lowest BCUT2D eigenvalue weighted by molar-refractivity contribution is 0.415. The number of nitrogens with zero attached hydrogens (tertiary/aromatic N) is 5. The fraction of sp³-hybridized carbons (Fsp3) is 0.333. The van der Waals surface area contributed by atoms with Gasteiger partial charge in [0.05, 0.1) is 7.11 Å². The molecule has 7 nitrogen and oxygen atoms in total. The maximum Gasteiger partial charge on any atom is 0.157 e. The SMILES string of the molecule is COc1ccc(N2CCN(c3ncnc(N4CCc5ccccc5C4)c3N)CC2)cc1. The standard InChI is InChI=1S/C24H28N6O/c1-31-21-8-6-20(7-9-21)28-12-14-29(15-13-28)23-22(25)24(27-17-26-23)30-11-10-18-4-2-3-5-19(18)16-30/h2-9,17H,10-16,25H2,1H3. The molecule has 2 N–H and O–H groups in total. The first-order valence-corrected chi connectivity index (χ1v) is 10.8. The molecule has 0 amide bonds. The van der Waals surface area contributed by atoms with Gasteiger partial charge in [-0.3, -0.25) is 0 Å². The average molecular weight is 417 g/mol. The number of methoxy groups -OCH3 is 1. The topological polar surface area (TPSA) is 70.8 Å². The summed E-state index contributed by atoms with van der Waals surface area (Å²) < 4.78 is 5.27. The fourth-order valence-corrected chi connectivity index (χ4v) is 4.53. The molecule has 31 heavy (non-hydrogen) atoms. The molecule has 0 atom stereocenters. The molecule has 160 valence electrons. The zero-order valence-electron chi connectivity index (χ0n) is 17.9.